The Hall–Kier alpha value is -5.67. The molecule has 0 saturated heterocycles. The number of hydrogen-bond donors (Lipinski definition) is 0. The van der Waals surface area contributed by atoms with E-state index >= 15 is 0 Å². The SMILES string of the molecule is CC1(C)c2cccc(-c3nc(-c4ccccc4)nc(-c4ccc(-c5ccccn5)cc4)n3)c2Oc2cccc(C#N)c21. The Morgan fingerprint density at radius 3 is 2.02 bits per heavy atom. The molecule has 4 aromatic carbocycles. The van der Waals surface area contributed by atoms with Crippen molar-refractivity contribution < 1.29 is 4.74 Å². The molecule has 0 atom stereocenters. The van der Waals surface area contributed by atoms with E-state index in [1.54, 1.807) is 6.20 Å². The maximum atomic E-state index is 9.83. The molecule has 3 heterocycles. The molecule has 42 heavy (non-hydrogen) atoms. The molecule has 0 N–H and O–H groups in total. The molecule has 0 fully saturated rings. The fraction of sp³-hybridized carbons (Fsp3) is 0.0833. The number of hydrogen-bond acceptors (Lipinski definition) is 6. The molecule has 0 aliphatic carbocycles. The smallest absolute Gasteiger partial charge is 0.167 e. The highest BCUT2D eigenvalue weighted by Gasteiger charge is 2.38. The fourth-order valence-electron chi connectivity index (χ4n) is 5.58. The number of benzene rings is 4. The second-order valence-electron chi connectivity index (χ2n) is 10.7. The fourth-order valence-corrected chi connectivity index (χ4v) is 5.58. The predicted molar refractivity (Wildman–Crippen MR) is 163 cm³/mol. The lowest BCUT2D eigenvalue weighted by molar-refractivity contribution is 0.418. The Balaban J connectivity index is 1.39. The highest BCUT2D eigenvalue weighted by atomic mass is 16.5. The van der Waals surface area contributed by atoms with Crippen molar-refractivity contribution in [3.8, 4) is 63.0 Å². The number of nitriles is 1. The minimum Gasteiger partial charge on any atom is -0.456 e. The standard InChI is InChI=1S/C36H25N5O/c1-36(2)28-14-9-13-27(32(28)42-30-16-8-12-26(22-37)31(30)36)35-40-33(24-10-4-3-5-11-24)39-34(41-35)25-19-17-23(18-20-25)29-15-6-7-21-38-29/h3-21H,1-2H3. The van der Waals surface area contributed by atoms with E-state index in [0.717, 1.165) is 39.1 Å². The van der Waals surface area contributed by atoms with Crippen LogP contribution in [0.15, 0.2) is 115 Å². The summed E-state index contributed by atoms with van der Waals surface area (Å²) in [4.78, 5) is 19.3. The number of pyridine rings is 1. The zero-order valence-electron chi connectivity index (χ0n) is 23.1. The monoisotopic (exact) mass is 543 g/mol. The summed E-state index contributed by atoms with van der Waals surface area (Å²) < 4.78 is 6.54. The number of nitrogens with zero attached hydrogens (tertiary/aromatic N) is 5. The van der Waals surface area contributed by atoms with Crippen molar-refractivity contribution in [3.05, 3.63) is 132 Å². The first-order valence-electron chi connectivity index (χ1n) is 13.7. The molecule has 0 radical (unpaired) electrons. The van der Waals surface area contributed by atoms with E-state index in [1.165, 1.54) is 0 Å². The van der Waals surface area contributed by atoms with Gasteiger partial charge in [-0.2, -0.15) is 5.26 Å². The van der Waals surface area contributed by atoms with Gasteiger partial charge in [0.05, 0.1) is 22.9 Å². The first-order valence-corrected chi connectivity index (χ1v) is 13.7. The summed E-state index contributed by atoms with van der Waals surface area (Å²) in [6.45, 7) is 4.24. The first kappa shape index (κ1) is 25.3. The third-order valence-corrected chi connectivity index (χ3v) is 7.68. The van der Waals surface area contributed by atoms with Gasteiger partial charge < -0.3 is 4.74 Å². The third-order valence-electron chi connectivity index (χ3n) is 7.68. The van der Waals surface area contributed by atoms with Crippen molar-refractivity contribution in [1.29, 1.82) is 5.26 Å². The predicted octanol–water partition coefficient (Wildman–Crippen LogP) is 8.24. The number of para-hydroxylation sites is 1. The van der Waals surface area contributed by atoms with Gasteiger partial charge in [0.25, 0.3) is 0 Å². The van der Waals surface area contributed by atoms with Crippen molar-refractivity contribution in [3.63, 3.8) is 0 Å². The van der Waals surface area contributed by atoms with Crippen molar-refractivity contribution in [2.75, 3.05) is 0 Å². The van der Waals surface area contributed by atoms with Gasteiger partial charge in [-0.15, -0.1) is 0 Å². The number of ether oxygens (including phenoxy) is 1. The highest BCUT2D eigenvalue weighted by Crippen LogP contribution is 2.51. The molecular formula is C36H25N5O. The number of aromatic nitrogens is 4. The Kier molecular flexibility index (Phi) is 6.06. The van der Waals surface area contributed by atoms with Crippen molar-refractivity contribution in [1.82, 2.24) is 19.9 Å². The number of fused-ring (bicyclic) bond motifs is 2. The molecular weight excluding hydrogens is 518 g/mol. The lowest BCUT2D eigenvalue weighted by Gasteiger charge is -2.35. The molecule has 6 heteroatoms. The topological polar surface area (TPSA) is 84.6 Å². The molecule has 0 bridgehead atoms. The largest absolute Gasteiger partial charge is 0.456 e. The molecule has 0 amide bonds. The van der Waals surface area contributed by atoms with E-state index < -0.39 is 5.41 Å². The molecule has 1 aliphatic rings. The van der Waals surface area contributed by atoms with Crippen LogP contribution in [-0.4, -0.2) is 19.9 Å². The van der Waals surface area contributed by atoms with E-state index in [2.05, 4.69) is 24.9 Å². The summed E-state index contributed by atoms with van der Waals surface area (Å²) in [6.07, 6.45) is 1.79. The normalized spacial score (nSPS) is 12.9. The molecule has 2 aromatic heterocycles. The van der Waals surface area contributed by atoms with Crippen LogP contribution in [0.1, 0.15) is 30.5 Å². The van der Waals surface area contributed by atoms with E-state index in [1.807, 2.05) is 109 Å². The van der Waals surface area contributed by atoms with Gasteiger partial charge in [-0.05, 0) is 30.3 Å². The van der Waals surface area contributed by atoms with Crippen LogP contribution >= 0.6 is 0 Å². The van der Waals surface area contributed by atoms with E-state index in [-0.39, 0.29) is 0 Å². The molecule has 0 unspecified atom stereocenters. The van der Waals surface area contributed by atoms with Crippen LogP contribution in [0.4, 0.5) is 0 Å². The van der Waals surface area contributed by atoms with Gasteiger partial charge in [-0.25, -0.2) is 15.0 Å². The molecule has 6 nitrogen and oxygen atoms in total. The van der Waals surface area contributed by atoms with Gasteiger partial charge >= 0.3 is 0 Å². The van der Waals surface area contributed by atoms with Crippen LogP contribution in [0, 0.1) is 11.3 Å². The maximum absolute atomic E-state index is 9.83. The first-order chi connectivity index (χ1) is 20.5. The van der Waals surface area contributed by atoms with Gasteiger partial charge in [-0.3, -0.25) is 4.98 Å². The van der Waals surface area contributed by atoms with Crippen molar-refractivity contribution >= 4 is 0 Å². The summed E-state index contributed by atoms with van der Waals surface area (Å²) in [5.74, 6) is 3.00. The van der Waals surface area contributed by atoms with Crippen molar-refractivity contribution in [2.24, 2.45) is 0 Å². The quantitative estimate of drug-likeness (QED) is 0.223. The maximum Gasteiger partial charge on any atom is 0.167 e. The van der Waals surface area contributed by atoms with Crippen LogP contribution in [0.5, 0.6) is 11.5 Å². The Morgan fingerprint density at radius 2 is 1.31 bits per heavy atom. The molecule has 0 spiro atoms. The zero-order valence-corrected chi connectivity index (χ0v) is 23.1. The summed E-state index contributed by atoms with van der Waals surface area (Å²) >= 11 is 0. The van der Waals surface area contributed by atoms with Gasteiger partial charge in [0.15, 0.2) is 17.5 Å². The van der Waals surface area contributed by atoms with Gasteiger partial charge in [0.2, 0.25) is 0 Å². The van der Waals surface area contributed by atoms with Crippen LogP contribution in [0.25, 0.3) is 45.4 Å². The third kappa shape index (κ3) is 4.29. The van der Waals surface area contributed by atoms with Crippen LogP contribution in [0.2, 0.25) is 0 Å². The lowest BCUT2D eigenvalue weighted by atomic mass is 9.73. The van der Waals surface area contributed by atoms with E-state index in [4.69, 9.17) is 19.7 Å². The highest BCUT2D eigenvalue weighted by molar-refractivity contribution is 5.75. The molecule has 1 aliphatic heterocycles. The van der Waals surface area contributed by atoms with Crippen LogP contribution in [0.3, 0.4) is 0 Å². The van der Waals surface area contributed by atoms with Crippen LogP contribution in [-0.2, 0) is 5.41 Å². The summed E-state index contributed by atoms with van der Waals surface area (Å²) in [5, 5.41) is 9.83. The summed E-state index contributed by atoms with van der Waals surface area (Å²) in [6, 6.07) is 37.8. The molecule has 6 aromatic rings. The van der Waals surface area contributed by atoms with Gasteiger partial charge in [0.1, 0.15) is 11.5 Å². The summed E-state index contributed by atoms with van der Waals surface area (Å²) in [5.41, 5.74) is 6.43. The number of rotatable bonds is 4. The van der Waals surface area contributed by atoms with Gasteiger partial charge in [0, 0.05) is 39.4 Å². The van der Waals surface area contributed by atoms with Gasteiger partial charge in [-0.1, -0.05) is 92.7 Å². The van der Waals surface area contributed by atoms with E-state index in [9.17, 15) is 5.26 Å². The minimum absolute atomic E-state index is 0.468. The molecule has 0 saturated carbocycles. The van der Waals surface area contributed by atoms with Crippen molar-refractivity contribution in [2.45, 2.75) is 19.3 Å². The Labute approximate surface area is 244 Å². The zero-order chi connectivity index (χ0) is 28.7. The second kappa shape index (κ2) is 10.1. The average molecular weight is 544 g/mol. The lowest BCUT2D eigenvalue weighted by Crippen LogP contribution is -2.26. The van der Waals surface area contributed by atoms with E-state index in [0.29, 0.717) is 34.5 Å². The molecule has 7 rings (SSSR count). The van der Waals surface area contributed by atoms with Crippen LogP contribution < -0.4 is 4.74 Å². The Morgan fingerprint density at radius 1 is 0.643 bits per heavy atom. The second-order valence-corrected chi connectivity index (χ2v) is 10.7. The summed E-state index contributed by atoms with van der Waals surface area (Å²) in [7, 11) is 0. The Bertz CT molecular complexity index is 1980. The minimum atomic E-state index is -0.468. The molecule has 200 valence electrons. The average Bonchev–Trinajstić information content (AvgIpc) is 3.05.